The maximum Gasteiger partial charge on any atom is 0.244 e. The number of anilines is 1. The first kappa shape index (κ1) is 11.3. The van der Waals surface area contributed by atoms with Gasteiger partial charge < -0.3 is 9.47 Å². The minimum absolute atomic E-state index is 0.107. The molecule has 0 saturated carbocycles. The Hall–Kier alpha value is -1.76. The van der Waals surface area contributed by atoms with Crippen molar-refractivity contribution in [3.05, 3.63) is 18.2 Å². The lowest BCUT2D eigenvalue weighted by Gasteiger charge is -2.15. The molecule has 1 aromatic rings. The van der Waals surface area contributed by atoms with Crippen LogP contribution in [0.1, 0.15) is 6.92 Å². The monoisotopic (exact) mass is 269 g/mol. The summed E-state index contributed by atoms with van der Waals surface area (Å²) in [4.78, 5) is 11.9. The highest BCUT2D eigenvalue weighted by molar-refractivity contribution is 7.94. The summed E-state index contributed by atoms with van der Waals surface area (Å²) in [5.74, 6) is -0.0690. The van der Waals surface area contributed by atoms with Crippen LogP contribution < -0.4 is 13.8 Å². The van der Waals surface area contributed by atoms with E-state index in [4.69, 9.17) is 9.47 Å². The van der Waals surface area contributed by atoms with E-state index < -0.39 is 21.8 Å². The Morgan fingerprint density at radius 1 is 1.28 bits per heavy atom. The molecule has 2 aliphatic rings. The SMILES string of the molecule is CC1CS(=O)(=O)N(c2ccc3c(c2)OCO3)C1=O. The van der Waals surface area contributed by atoms with E-state index in [9.17, 15) is 13.2 Å². The third kappa shape index (κ3) is 1.54. The molecule has 1 saturated heterocycles. The van der Waals surface area contributed by atoms with Crippen molar-refractivity contribution in [1.82, 2.24) is 0 Å². The second-order valence-corrected chi connectivity index (χ2v) is 6.18. The molecule has 0 radical (unpaired) electrons. The van der Waals surface area contributed by atoms with E-state index in [0.717, 1.165) is 4.31 Å². The number of sulfonamides is 1. The summed E-state index contributed by atoms with van der Waals surface area (Å²) >= 11 is 0. The van der Waals surface area contributed by atoms with Gasteiger partial charge in [0.2, 0.25) is 22.7 Å². The van der Waals surface area contributed by atoms with Crippen LogP contribution in [0.4, 0.5) is 5.69 Å². The number of rotatable bonds is 1. The second kappa shape index (κ2) is 3.61. The lowest BCUT2D eigenvalue weighted by Crippen LogP contribution is -2.30. The molecular formula is C11H11NO5S. The largest absolute Gasteiger partial charge is 0.454 e. The van der Waals surface area contributed by atoms with E-state index in [1.807, 2.05) is 0 Å². The molecule has 0 aromatic heterocycles. The number of amides is 1. The first-order chi connectivity index (χ1) is 8.49. The lowest BCUT2D eigenvalue weighted by atomic mass is 10.2. The molecule has 7 heteroatoms. The van der Waals surface area contributed by atoms with Crippen molar-refractivity contribution in [1.29, 1.82) is 0 Å². The van der Waals surface area contributed by atoms with Gasteiger partial charge in [-0.2, -0.15) is 0 Å². The summed E-state index contributed by atoms with van der Waals surface area (Å²) in [6, 6.07) is 4.65. The molecule has 1 aromatic carbocycles. The van der Waals surface area contributed by atoms with Gasteiger partial charge in [-0.15, -0.1) is 0 Å². The summed E-state index contributed by atoms with van der Waals surface area (Å²) in [7, 11) is -3.57. The molecule has 1 unspecified atom stereocenters. The molecule has 1 fully saturated rings. The average molecular weight is 269 g/mol. The summed E-state index contributed by atoms with van der Waals surface area (Å²) in [5, 5.41) is 0. The summed E-state index contributed by atoms with van der Waals surface area (Å²) in [6.07, 6.45) is 0. The van der Waals surface area contributed by atoms with Crippen molar-refractivity contribution >= 4 is 21.6 Å². The number of carbonyl (C=O) groups is 1. The number of benzene rings is 1. The quantitative estimate of drug-likeness (QED) is 0.751. The van der Waals surface area contributed by atoms with Gasteiger partial charge in [-0.1, -0.05) is 6.92 Å². The first-order valence-electron chi connectivity index (χ1n) is 5.45. The molecule has 18 heavy (non-hydrogen) atoms. The van der Waals surface area contributed by atoms with E-state index in [1.165, 1.54) is 6.07 Å². The standard InChI is InChI=1S/C11H11NO5S/c1-7-5-18(14,15)12(11(7)13)8-2-3-9-10(4-8)17-6-16-9/h2-4,7H,5-6H2,1H3. The zero-order valence-electron chi connectivity index (χ0n) is 9.62. The van der Waals surface area contributed by atoms with Gasteiger partial charge in [-0.25, -0.2) is 12.7 Å². The van der Waals surface area contributed by atoms with E-state index in [1.54, 1.807) is 19.1 Å². The van der Waals surface area contributed by atoms with Crippen LogP contribution in [0.5, 0.6) is 11.5 Å². The lowest BCUT2D eigenvalue weighted by molar-refractivity contribution is -0.119. The Morgan fingerprint density at radius 2 is 2.00 bits per heavy atom. The van der Waals surface area contributed by atoms with Crippen molar-refractivity contribution in [2.45, 2.75) is 6.92 Å². The summed E-state index contributed by atoms with van der Waals surface area (Å²) in [6.45, 7) is 1.71. The molecule has 6 nitrogen and oxygen atoms in total. The van der Waals surface area contributed by atoms with Crippen LogP contribution in [0.25, 0.3) is 0 Å². The minimum Gasteiger partial charge on any atom is -0.454 e. The fraction of sp³-hybridized carbons (Fsp3) is 0.364. The van der Waals surface area contributed by atoms with Crippen LogP contribution in [0.15, 0.2) is 18.2 Å². The van der Waals surface area contributed by atoms with Crippen LogP contribution >= 0.6 is 0 Å². The molecule has 3 rings (SSSR count). The topological polar surface area (TPSA) is 72.9 Å². The number of ether oxygens (including phenoxy) is 2. The zero-order valence-corrected chi connectivity index (χ0v) is 10.4. The van der Waals surface area contributed by atoms with E-state index in [2.05, 4.69) is 0 Å². The second-order valence-electron chi connectivity index (χ2n) is 4.32. The molecule has 1 atom stereocenters. The molecule has 0 N–H and O–H groups in total. The Labute approximate surface area is 104 Å². The first-order valence-corrected chi connectivity index (χ1v) is 7.06. The predicted octanol–water partition coefficient (Wildman–Crippen LogP) is 0.728. The van der Waals surface area contributed by atoms with Crippen LogP contribution in [0, 0.1) is 5.92 Å². The molecule has 0 aliphatic carbocycles. The normalized spacial score (nSPS) is 24.6. The van der Waals surface area contributed by atoms with E-state index >= 15 is 0 Å². The third-order valence-corrected chi connectivity index (χ3v) is 4.82. The molecule has 96 valence electrons. The number of hydrogen-bond acceptors (Lipinski definition) is 5. The number of nitrogens with zero attached hydrogens (tertiary/aromatic N) is 1. The van der Waals surface area contributed by atoms with Gasteiger partial charge in [-0.05, 0) is 12.1 Å². The maximum absolute atomic E-state index is 11.9. The smallest absolute Gasteiger partial charge is 0.244 e. The number of fused-ring (bicyclic) bond motifs is 1. The summed E-state index contributed by atoms with van der Waals surface area (Å²) in [5.41, 5.74) is 0.300. The highest BCUT2D eigenvalue weighted by atomic mass is 32.2. The Bertz CT molecular complexity index is 624. The van der Waals surface area contributed by atoms with Crippen molar-refractivity contribution < 1.29 is 22.7 Å². The van der Waals surface area contributed by atoms with Crippen LogP contribution in [-0.2, 0) is 14.8 Å². The molecule has 2 heterocycles. The van der Waals surface area contributed by atoms with Gasteiger partial charge in [0.15, 0.2) is 11.5 Å². The van der Waals surface area contributed by atoms with Crippen molar-refractivity contribution in [2.24, 2.45) is 5.92 Å². The molecule has 1 amide bonds. The predicted molar refractivity (Wildman–Crippen MR) is 63.0 cm³/mol. The number of carbonyl (C=O) groups excluding carboxylic acids is 1. The Morgan fingerprint density at radius 3 is 2.67 bits per heavy atom. The maximum atomic E-state index is 11.9. The van der Waals surface area contributed by atoms with Gasteiger partial charge in [0.1, 0.15) is 0 Å². The van der Waals surface area contributed by atoms with Crippen molar-refractivity contribution in [3.63, 3.8) is 0 Å². The molecule has 0 spiro atoms. The molecule has 0 bridgehead atoms. The van der Waals surface area contributed by atoms with Crippen LogP contribution in [0.3, 0.4) is 0 Å². The van der Waals surface area contributed by atoms with Gasteiger partial charge in [0, 0.05) is 6.07 Å². The van der Waals surface area contributed by atoms with Gasteiger partial charge >= 0.3 is 0 Å². The van der Waals surface area contributed by atoms with E-state index in [0.29, 0.717) is 17.2 Å². The third-order valence-electron chi connectivity index (χ3n) is 2.95. The van der Waals surface area contributed by atoms with Crippen LogP contribution in [0.2, 0.25) is 0 Å². The number of hydrogen-bond donors (Lipinski definition) is 0. The zero-order chi connectivity index (χ0) is 12.9. The fourth-order valence-electron chi connectivity index (χ4n) is 2.10. The van der Waals surface area contributed by atoms with Crippen LogP contribution in [-0.4, -0.2) is 26.9 Å². The molecular weight excluding hydrogens is 258 g/mol. The average Bonchev–Trinajstić information content (AvgIpc) is 2.81. The minimum atomic E-state index is -3.57. The highest BCUT2D eigenvalue weighted by Gasteiger charge is 2.42. The van der Waals surface area contributed by atoms with Gasteiger partial charge in [0.25, 0.3) is 0 Å². The van der Waals surface area contributed by atoms with Gasteiger partial charge in [0.05, 0.1) is 17.4 Å². The van der Waals surface area contributed by atoms with Gasteiger partial charge in [-0.3, -0.25) is 4.79 Å². The van der Waals surface area contributed by atoms with Crippen molar-refractivity contribution in [2.75, 3.05) is 16.9 Å². The Balaban J connectivity index is 2.07. The Kier molecular flexibility index (Phi) is 2.28. The van der Waals surface area contributed by atoms with Crippen molar-refractivity contribution in [3.8, 4) is 11.5 Å². The highest BCUT2D eigenvalue weighted by Crippen LogP contribution is 2.38. The molecule has 2 aliphatic heterocycles. The van der Waals surface area contributed by atoms with E-state index in [-0.39, 0.29) is 12.5 Å². The summed E-state index contributed by atoms with van der Waals surface area (Å²) < 4.78 is 35.0. The fourth-order valence-corrected chi connectivity index (χ4v) is 3.91.